The second kappa shape index (κ2) is 10.00. The lowest BCUT2D eigenvalue weighted by Crippen LogP contribution is -2.51. The molecule has 0 spiro atoms. The second-order valence-corrected chi connectivity index (χ2v) is 8.00. The fourth-order valence-corrected chi connectivity index (χ4v) is 3.16. The zero-order chi connectivity index (χ0) is 19.0. The van der Waals surface area contributed by atoms with Gasteiger partial charge in [0, 0.05) is 19.6 Å². The number of aliphatic hydroxyl groups excluding tert-OH is 1. The van der Waals surface area contributed by atoms with Crippen LogP contribution in [-0.4, -0.2) is 57.3 Å². The minimum absolute atomic E-state index is 0.00365. The maximum Gasteiger partial charge on any atom is 0.350 e. The number of nitrogens with zero attached hydrogens (tertiary/aromatic N) is 1. The summed E-state index contributed by atoms with van der Waals surface area (Å²) in [6, 6.07) is 9.73. The molecule has 0 saturated carbocycles. The van der Waals surface area contributed by atoms with E-state index < -0.39 is 20.0 Å². The van der Waals surface area contributed by atoms with Crippen molar-refractivity contribution in [3.8, 4) is 0 Å². The van der Waals surface area contributed by atoms with Crippen molar-refractivity contribution in [2.75, 3.05) is 19.5 Å². The highest BCUT2D eigenvalue weighted by Gasteiger charge is 2.33. The molecule has 3 N–H and O–H groups in total. The first-order chi connectivity index (χ1) is 12.3. The van der Waals surface area contributed by atoms with Crippen molar-refractivity contribution in [3.05, 3.63) is 48.0 Å². The summed E-state index contributed by atoms with van der Waals surface area (Å²) >= 11 is 0. The first kappa shape index (κ1) is 20.8. The summed E-state index contributed by atoms with van der Waals surface area (Å²) in [4.78, 5) is 30.8. The Bertz CT molecular complexity index is 644. The van der Waals surface area contributed by atoms with Crippen LogP contribution in [0.4, 0.5) is 0 Å². The Balaban J connectivity index is 1.66. The number of β-lactam (4-membered cyclic amide) rings is 1. The molecule has 26 heavy (non-hydrogen) atoms. The Morgan fingerprint density at radius 2 is 2.00 bits per heavy atom. The van der Waals surface area contributed by atoms with Crippen LogP contribution in [0.15, 0.2) is 42.5 Å². The molecule has 1 unspecified atom stereocenters. The van der Waals surface area contributed by atoms with Crippen LogP contribution >= 0.6 is 7.60 Å². The minimum Gasteiger partial charge on any atom is -0.389 e. The highest BCUT2D eigenvalue weighted by Crippen LogP contribution is 2.33. The van der Waals surface area contributed by atoms with Crippen LogP contribution in [0.25, 0.3) is 0 Å². The Morgan fingerprint density at radius 3 is 2.65 bits per heavy atom. The van der Waals surface area contributed by atoms with Crippen LogP contribution in [0, 0.1) is 0 Å². The van der Waals surface area contributed by atoms with E-state index in [2.05, 4.69) is 0 Å². The molecule has 1 saturated heterocycles. The molecule has 8 heteroatoms. The average molecular weight is 383 g/mol. The van der Waals surface area contributed by atoms with E-state index in [1.54, 1.807) is 11.0 Å². The van der Waals surface area contributed by atoms with Gasteiger partial charge in [-0.1, -0.05) is 42.5 Å². The normalized spacial score (nSPS) is 19.0. The predicted molar refractivity (Wildman–Crippen MR) is 97.5 cm³/mol. The molecule has 1 aromatic rings. The van der Waals surface area contributed by atoms with Crippen LogP contribution in [0.3, 0.4) is 0 Å². The molecule has 1 fully saturated rings. The van der Waals surface area contributed by atoms with Gasteiger partial charge in [-0.15, -0.1) is 0 Å². The number of ether oxygens (including phenoxy) is 1. The quantitative estimate of drug-likeness (QED) is 0.232. The monoisotopic (exact) mass is 383 g/mol. The van der Waals surface area contributed by atoms with Gasteiger partial charge < -0.3 is 24.5 Å². The van der Waals surface area contributed by atoms with Gasteiger partial charge in [-0.05, 0) is 18.4 Å². The molecule has 1 amide bonds. The minimum atomic E-state index is -4.11. The smallest absolute Gasteiger partial charge is 0.350 e. The number of unbranched alkanes of at least 4 members (excludes halogenated alkanes) is 1. The van der Waals surface area contributed by atoms with Crippen molar-refractivity contribution in [3.63, 3.8) is 0 Å². The first-order valence-electron chi connectivity index (χ1n) is 8.67. The van der Waals surface area contributed by atoms with Crippen molar-refractivity contribution in [1.82, 2.24) is 4.90 Å². The maximum absolute atomic E-state index is 11.7. The number of aliphatic hydroxyl groups is 1. The number of rotatable bonds is 11. The molecule has 1 aliphatic heterocycles. The molecule has 0 aromatic heterocycles. The molecule has 0 aliphatic carbocycles. The fourth-order valence-electron chi connectivity index (χ4n) is 2.79. The number of carbonyl (C=O) groups is 1. The lowest BCUT2D eigenvalue weighted by Gasteiger charge is -2.39. The van der Waals surface area contributed by atoms with Crippen molar-refractivity contribution < 1.29 is 29.0 Å². The summed E-state index contributed by atoms with van der Waals surface area (Å²) in [7, 11) is -4.11. The molecule has 7 nitrogen and oxygen atoms in total. The van der Waals surface area contributed by atoms with Gasteiger partial charge in [0.2, 0.25) is 5.91 Å². The van der Waals surface area contributed by atoms with E-state index in [9.17, 15) is 14.5 Å². The van der Waals surface area contributed by atoms with Crippen LogP contribution in [0.1, 0.15) is 24.8 Å². The van der Waals surface area contributed by atoms with Crippen molar-refractivity contribution in [2.24, 2.45) is 0 Å². The fraction of sp³-hybridized carbons (Fsp3) is 0.500. The summed E-state index contributed by atoms with van der Waals surface area (Å²) in [6.07, 6.45) is 4.76. The second-order valence-electron chi connectivity index (χ2n) is 6.41. The van der Waals surface area contributed by atoms with Gasteiger partial charge >= 0.3 is 7.60 Å². The molecule has 1 aliphatic rings. The lowest BCUT2D eigenvalue weighted by atomic mass is 9.99. The summed E-state index contributed by atoms with van der Waals surface area (Å²) in [6.45, 7) is 0.825. The van der Waals surface area contributed by atoms with Crippen molar-refractivity contribution in [1.29, 1.82) is 0 Å². The summed E-state index contributed by atoms with van der Waals surface area (Å²) in [5.41, 5.74) is 1.06. The molecule has 144 valence electrons. The molecule has 0 bridgehead atoms. The third-order valence-corrected chi connectivity index (χ3v) is 4.66. The number of amides is 1. The summed E-state index contributed by atoms with van der Waals surface area (Å²) in [5.74, 6) is 0.0772. The van der Waals surface area contributed by atoms with E-state index in [-0.39, 0.29) is 18.6 Å². The first-order valence-corrected chi connectivity index (χ1v) is 10.5. The van der Waals surface area contributed by atoms with Crippen LogP contribution in [-0.2, 0) is 20.5 Å². The number of hydrogen-bond donors (Lipinski definition) is 3. The Kier molecular flexibility index (Phi) is 8.00. The molecule has 2 rings (SSSR count). The zero-order valence-electron chi connectivity index (χ0n) is 14.6. The lowest BCUT2D eigenvalue weighted by molar-refractivity contribution is -0.143. The van der Waals surface area contributed by atoms with E-state index in [0.717, 1.165) is 5.56 Å². The Morgan fingerprint density at radius 1 is 1.27 bits per heavy atom. The molecule has 1 aromatic carbocycles. The van der Waals surface area contributed by atoms with Crippen LogP contribution in [0.5, 0.6) is 0 Å². The number of hydrogen-bond acceptors (Lipinski definition) is 4. The largest absolute Gasteiger partial charge is 0.389 e. The van der Waals surface area contributed by atoms with E-state index in [1.807, 2.05) is 36.4 Å². The maximum atomic E-state index is 11.7. The third-order valence-electron chi connectivity index (χ3n) is 4.14. The molecule has 1 heterocycles. The number of likely N-dealkylation sites (tertiary alicyclic amines) is 1. The van der Waals surface area contributed by atoms with Gasteiger partial charge in [0.05, 0.1) is 18.6 Å². The van der Waals surface area contributed by atoms with E-state index in [0.29, 0.717) is 32.2 Å². The van der Waals surface area contributed by atoms with Crippen LogP contribution in [0.2, 0.25) is 0 Å². The Labute approximate surface area is 153 Å². The van der Waals surface area contributed by atoms with E-state index >= 15 is 0 Å². The summed E-state index contributed by atoms with van der Waals surface area (Å²) in [5, 5.41) is 10.1. The Hall–Kier alpha value is -1.50. The van der Waals surface area contributed by atoms with Gasteiger partial charge in [0.25, 0.3) is 0 Å². The van der Waals surface area contributed by atoms with Crippen LogP contribution < -0.4 is 0 Å². The van der Waals surface area contributed by atoms with Gasteiger partial charge in [0.1, 0.15) is 6.35 Å². The van der Waals surface area contributed by atoms with Gasteiger partial charge in [-0.2, -0.15) is 0 Å². The van der Waals surface area contributed by atoms with E-state index in [4.69, 9.17) is 14.5 Å². The number of benzene rings is 1. The number of carbonyl (C=O) groups excluding carboxylic acids is 1. The molecule has 0 radical (unpaired) electrons. The SMILES string of the molecule is O=C1C[C@H](C=CC(O)Cc2ccccc2)N1CCCCOCP(=O)(O)O. The standard InChI is InChI=1S/C18H26NO6P/c20-17(12-15-6-2-1-3-7-15)9-8-16-13-18(21)19(16)10-4-5-11-25-14-26(22,23)24/h1-3,6-9,16-17,20H,4-5,10-14H2,(H2,22,23,24)/t16-,17?/m0/s1. The molecular formula is C18H26NO6P. The highest BCUT2D eigenvalue weighted by atomic mass is 31.2. The van der Waals surface area contributed by atoms with Gasteiger partial charge in [-0.25, -0.2) is 0 Å². The summed E-state index contributed by atoms with van der Waals surface area (Å²) < 4.78 is 15.6. The third kappa shape index (κ3) is 7.40. The predicted octanol–water partition coefficient (Wildman–Crippen LogP) is 1.68. The molecular weight excluding hydrogens is 357 g/mol. The van der Waals surface area contributed by atoms with Gasteiger partial charge in [0.15, 0.2) is 0 Å². The molecule has 2 atom stereocenters. The topological polar surface area (TPSA) is 107 Å². The zero-order valence-corrected chi connectivity index (χ0v) is 15.5. The van der Waals surface area contributed by atoms with E-state index in [1.165, 1.54) is 0 Å². The average Bonchev–Trinajstić information content (AvgIpc) is 2.57. The highest BCUT2D eigenvalue weighted by molar-refractivity contribution is 7.51. The van der Waals surface area contributed by atoms with Gasteiger partial charge in [-0.3, -0.25) is 9.36 Å². The van der Waals surface area contributed by atoms with Crippen molar-refractivity contribution in [2.45, 2.75) is 37.8 Å². The van der Waals surface area contributed by atoms with Crippen molar-refractivity contribution >= 4 is 13.5 Å².